The molecule has 0 radical (unpaired) electrons. The van der Waals surface area contributed by atoms with E-state index < -0.39 is 11.7 Å². The first kappa shape index (κ1) is 20.4. The predicted molar refractivity (Wildman–Crippen MR) is 113 cm³/mol. The number of amides is 1. The van der Waals surface area contributed by atoms with Crippen molar-refractivity contribution in [3.63, 3.8) is 0 Å². The summed E-state index contributed by atoms with van der Waals surface area (Å²) in [5.41, 5.74) is 1.56. The summed E-state index contributed by atoms with van der Waals surface area (Å²) in [7, 11) is 0. The van der Waals surface area contributed by atoms with Gasteiger partial charge in [0.25, 0.3) is 5.91 Å². The average Bonchev–Trinajstić information content (AvgIpc) is 3.44. The number of hydrogen-bond donors (Lipinski definition) is 1. The van der Waals surface area contributed by atoms with E-state index in [0.29, 0.717) is 39.4 Å². The molecule has 0 saturated heterocycles. The van der Waals surface area contributed by atoms with Gasteiger partial charge in [-0.2, -0.15) is 0 Å². The molecule has 0 aliphatic carbocycles. The molecular weight excluding hydrogens is 421 g/mol. The molecule has 0 atom stereocenters. The number of rotatable bonds is 6. The monoisotopic (exact) mass is 437 g/mol. The van der Waals surface area contributed by atoms with E-state index in [2.05, 4.69) is 15.5 Å². The molecule has 156 valence electrons. The number of benzene rings is 2. The number of furan rings is 1. The third-order valence-corrected chi connectivity index (χ3v) is 5.10. The van der Waals surface area contributed by atoms with Crippen LogP contribution >= 0.6 is 11.3 Å². The maximum Gasteiger partial charge on any atom is 0.338 e. The Labute approximate surface area is 180 Å². The molecule has 2 aromatic heterocycles. The summed E-state index contributed by atoms with van der Waals surface area (Å²) in [6, 6.07) is 15.6. The number of nitrogens with zero attached hydrogens (tertiary/aromatic N) is 2. The molecule has 4 rings (SSSR count). The fourth-order valence-electron chi connectivity index (χ4n) is 2.74. The first-order valence-electron chi connectivity index (χ1n) is 9.31. The van der Waals surface area contributed by atoms with Gasteiger partial charge in [0.15, 0.2) is 10.8 Å². The molecule has 4 aromatic rings. The van der Waals surface area contributed by atoms with Crippen molar-refractivity contribution < 1.29 is 23.1 Å². The van der Waals surface area contributed by atoms with E-state index in [4.69, 9.17) is 9.15 Å². The fraction of sp³-hybridized carbons (Fsp3) is 0.0909. The number of nitrogens with one attached hydrogen (secondary N) is 1. The van der Waals surface area contributed by atoms with Crippen molar-refractivity contribution in [2.45, 2.75) is 6.92 Å². The Hall–Kier alpha value is -3.85. The summed E-state index contributed by atoms with van der Waals surface area (Å²) in [4.78, 5) is 24.0. The van der Waals surface area contributed by atoms with Gasteiger partial charge in [0.05, 0.1) is 12.2 Å². The maximum absolute atomic E-state index is 13.0. The second kappa shape index (κ2) is 8.88. The van der Waals surface area contributed by atoms with Crippen molar-refractivity contribution >= 4 is 28.3 Å². The maximum atomic E-state index is 13.0. The highest BCUT2D eigenvalue weighted by Crippen LogP contribution is 2.32. The lowest BCUT2D eigenvalue weighted by Gasteiger charge is -2.02. The standard InChI is InChI=1S/C22H16FN3O4S/c1-2-29-21(28)15-5-3-13(4-6-15)17-11-12-18(30-17)20-25-26-22(31-20)24-19(27)14-7-9-16(23)10-8-14/h3-12H,2H2,1H3,(H,24,26,27). The summed E-state index contributed by atoms with van der Waals surface area (Å²) < 4.78 is 23.8. The smallest absolute Gasteiger partial charge is 0.338 e. The Balaban J connectivity index is 1.46. The van der Waals surface area contributed by atoms with Crippen molar-refractivity contribution in [1.82, 2.24) is 10.2 Å². The molecule has 0 bridgehead atoms. The quantitative estimate of drug-likeness (QED) is 0.425. The van der Waals surface area contributed by atoms with Gasteiger partial charge < -0.3 is 9.15 Å². The molecular formula is C22H16FN3O4S. The Kier molecular flexibility index (Phi) is 5.85. The summed E-state index contributed by atoms with van der Waals surface area (Å²) in [5.74, 6) is -0.122. The molecule has 0 aliphatic heterocycles. The van der Waals surface area contributed by atoms with Crippen LogP contribution in [0.15, 0.2) is 65.1 Å². The van der Waals surface area contributed by atoms with Gasteiger partial charge in [0, 0.05) is 11.1 Å². The van der Waals surface area contributed by atoms with E-state index in [1.165, 1.54) is 24.3 Å². The van der Waals surface area contributed by atoms with Crippen molar-refractivity contribution in [3.05, 3.63) is 77.6 Å². The number of anilines is 1. The van der Waals surface area contributed by atoms with E-state index in [-0.39, 0.29) is 5.97 Å². The van der Waals surface area contributed by atoms with Gasteiger partial charge in [-0.3, -0.25) is 10.1 Å². The molecule has 1 N–H and O–H groups in total. The normalized spacial score (nSPS) is 10.6. The zero-order valence-electron chi connectivity index (χ0n) is 16.3. The lowest BCUT2D eigenvalue weighted by molar-refractivity contribution is 0.0526. The van der Waals surface area contributed by atoms with Gasteiger partial charge in [-0.05, 0) is 55.5 Å². The Morgan fingerprint density at radius 1 is 0.968 bits per heavy atom. The van der Waals surface area contributed by atoms with E-state index >= 15 is 0 Å². The van der Waals surface area contributed by atoms with Gasteiger partial charge in [-0.1, -0.05) is 23.5 Å². The molecule has 0 unspecified atom stereocenters. The molecule has 2 heterocycles. The Morgan fingerprint density at radius 3 is 2.35 bits per heavy atom. The first-order valence-corrected chi connectivity index (χ1v) is 10.1. The van der Waals surface area contributed by atoms with E-state index in [0.717, 1.165) is 16.9 Å². The molecule has 0 saturated carbocycles. The highest BCUT2D eigenvalue weighted by molar-refractivity contribution is 7.18. The number of carbonyl (C=O) groups is 2. The first-order chi connectivity index (χ1) is 15.0. The van der Waals surface area contributed by atoms with Gasteiger partial charge in [-0.15, -0.1) is 10.2 Å². The predicted octanol–water partition coefficient (Wildman–Crippen LogP) is 5.03. The van der Waals surface area contributed by atoms with Crippen molar-refractivity contribution in [1.29, 1.82) is 0 Å². The number of esters is 1. The largest absolute Gasteiger partial charge is 0.462 e. The van der Waals surface area contributed by atoms with Crippen molar-refractivity contribution in [3.8, 4) is 22.1 Å². The molecule has 2 aromatic carbocycles. The molecule has 31 heavy (non-hydrogen) atoms. The summed E-state index contributed by atoms with van der Waals surface area (Å²) in [5, 5.41) is 11.4. The van der Waals surface area contributed by atoms with Gasteiger partial charge in [0.1, 0.15) is 11.6 Å². The van der Waals surface area contributed by atoms with Crippen LogP contribution < -0.4 is 5.32 Å². The highest BCUT2D eigenvalue weighted by atomic mass is 32.1. The SMILES string of the molecule is CCOC(=O)c1ccc(-c2ccc(-c3nnc(NC(=O)c4ccc(F)cc4)s3)o2)cc1. The van der Waals surface area contributed by atoms with Gasteiger partial charge >= 0.3 is 5.97 Å². The molecule has 0 aliphatic rings. The average molecular weight is 437 g/mol. The van der Waals surface area contributed by atoms with Crippen LogP contribution in [-0.4, -0.2) is 28.7 Å². The minimum Gasteiger partial charge on any atom is -0.462 e. The van der Waals surface area contributed by atoms with Crippen LogP contribution in [0.1, 0.15) is 27.6 Å². The Bertz CT molecular complexity index is 1220. The number of aromatic nitrogens is 2. The van der Waals surface area contributed by atoms with Crippen LogP contribution in [0.4, 0.5) is 9.52 Å². The number of carbonyl (C=O) groups excluding carboxylic acids is 2. The lowest BCUT2D eigenvalue weighted by Crippen LogP contribution is -2.11. The van der Waals surface area contributed by atoms with Gasteiger partial charge in [-0.25, -0.2) is 9.18 Å². The zero-order chi connectivity index (χ0) is 21.8. The van der Waals surface area contributed by atoms with Crippen LogP contribution in [0.5, 0.6) is 0 Å². The van der Waals surface area contributed by atoms with E-state index in [1.807, 2.05) is 0 Å². The summed E-state index contributed by atoms with van der Waals surface area (Å²) in [6.07, 6.45) is 0. The topological polar surface area (TPSA) is 94.3 Å². The molecule has 9 heteroatoms. The minimum atomic E-state index is -0.418. The van der Waals surface area contributed by atoms with Gasteiger partial charge in [0.2, 0.25) is 5.13 Å². The van der Waals surface area contributed by atoms with E-state index in [9.17, 15) is 14.0 Å². The minimum absolute atomic E-state index is 0.293. The second-order valence-corrected chi connectivity index (χ2v) is 7.31. The van der Waals surface area contributed by atoms with Crippen LogP contribution in [0, 0.1) is 5.82 Å². The van der Waals surface area contributed by atoms with Crippen LogP contribution in [0.3, 0.4) is 0 Å². The molecule has 0 spiro atoms. The lowest BCUT2D eigenvalue weighted by atomic mass is 10.1. The number of hydrogen-bond acceptors (Lipinski definition) is 7. The van der Waals surface area contributed by atoms with Crippen molar-refractivity contribution in [2.24, 2.45) is 0 Å². The van der Waals surface area contributed by atoms with Crippen LogP contribution in [0.2, 0.25) is 0 Å². The summed E-state index contributed by atoms with van der Waals surface area (Å²) in [6.45, 7) is 2.07. The second-order valence-electron chi connectivity index (χ2n) is 6.34. The van der Waals surface area contributed by atoms with E-state index in [1.54, 1.807) is 43.3 Å². The summed E-state index contributed by atoms with van der Waals surface area (Å²) >= 11 is 1.15. The number of ether oxygens (including phenoxy) is 1. The highest BCUT2D eigenvalue weighted by Gasteiger charge is 2.15. The number of halogens is 1. The van der Waals surface area contributed by atoms with Crippen molar-refractivity contribution in [2.75, 3.05) is 11.9 Å². The van der Waals surface area contributed by atoms with Crippen LogP contribution in [-0.2, 0) is 4.74 Å². The Morgan fingerprint density at radius 2 is 1.65 bits per heavy atom. The fourth-order valence-corrected chi connectivity index (χ4v) is 3.44. The zero-order valence-corrected chi connectivity index (χ0v) is 17.1. The molecule has 7 nitrogen and oxygen atoms in total. The molecule has 0 fully saturated rings. The van der Waals surface area contributed by atoms with Crippen LogP contribution in [0.25, 0.3) is 22.1 Å². The third-order valence-electron chi connectivity index (χ3n) is 4.25. The molecule has 1 amide bonds. The third kappa shape index (κ3) is 4.67.